The molecule has 0 saturated heterocycles. The fourth-order valence-corrected chi connectivity index (χ4v) is 4.18. The molecule has 140 valence electrons. The Morgan fingerprint density at radius 3 is 2.73 bits per heavy atom. The lowest BCUT2D eigenvalue weighted by Gasteiger charge is -2.34. The Hall–Kier alpha value is -2.26. The number of nitrogens with zero attached hydrogens (tertiary/aromatic N) is 4. The van der Waals surface area contributed by atoms with Gasteiger partial charge in [0, 0.05) is 25.2 Å². The van der Waals surface area contributed by atoms with E-state index in [0.29, 0.717) is 17.8 Å². The van der Waals surface area contributed by atoms with E-state index >= 15 is 0 Å². The van der Waals surface area contributed by atoms with Gasteiger partial charge < -0.3 is 9.88 Å². The van der Waals surface area contributed by atoms with Crippen molar-refractivity contribution in [2.75, 3.05) is 12.8 Å². The minimum absolute atomic E-state index is 0.0665. The average molecular weight is 377 g/mol. The summed E-state index contributed by atoms with van der Waals surface area (Å²) in [5.74, 6) is -0.371. The van der Waals surface area contributed by atoms with Gasteiger partial charge in [0.1, 0.15) is 6.04 Å². The number of fused-ring (bicyclic) bond motifs is 1. The van der Waals surface area contributed by atoms with Crippen molar-refractivity contribution in [3.63, 3.8) is 0 Å². The van der Waals surface area contributed by atoms with Crippen LogP contribution in [0.25, 0.3) is 0 Å². The second-order valence-electron chi connectivity index (χ2n) is 6.64. The van der Waals surface area contributed by atoms with E-state index in [2.05, 4.69) is 15.3 Å². The van der Waals surface area contributed by atoms with Gasteiger partial charge in [0.25, 0.3) is 0 Å². The molecule has 0 radical (unpaired) electrons. The molecule has 26 heavy (non-hydrogen) atoms. The van der Waals surface area contributed by atoms with E-state index in [-0.39, 0.29) is 25.0 Å². The van der Waals surface area contributed by atoms with Crippen molar-refractivity contribution < 1.29 is 13.2 Å². The number of imidazole rings is 1. The lowest BCUT2D eigenvalue weighted by Crippen LogP contribution is -2.47. The van der Waals surface area contributed by atoms with Crippen molar-refractivity contribution in [3.8, 4) is 0 Å². The third-order valence-corrected chi connectivity index (χ3v) is 5.67. The molecule has 1 aliphatic heterocycles. The first-order valence-electron chi connectivity index (χ1n) is 8.49. The van der Waals surface area contributed by atoms with Crippen molar-refractivity contribution in [1.29, 1.82) is 0 Å². The van der Waals surface area contributed by atoms with Gasteiger partial charge in [-0.15, -0.1) is 0 Å². The summed E-state index contributed by atoms with van der Waals surface area (Å²) in [7, 11) is -3.55. The highest BCUT2D eigenvalue weighted by atomic mass is 32.2. The van der Waals surface area contributed by atoms with Gasteiger partial charge in [-0.25, -0.2) is 13.4 Å². The number of hydrogen-bond acceptors (Lipinski definition) is 5. The monoisotopic (exact) mass is 377 g/mol. The van der Waals surface area contributed by atoms with E-state index in [4.69, 9.17) is 0 Å². The van der Waals surface area contributed by atoms with Crippen LogP contribution >= 0.6 is 0 Å². The van der Waals surface area contributed by atoms with Gasteiger partial charge >= 0.3 is 0 Å². The molecule has 8 nitrogen and oxygen atoms in total. The van der Waals surface area contributed by atoms with Crippen LogP contribution in [0.15, 0.2) is 30.7 Å². The zero-order chi connectivity index (χ0) is 18.9. The van der Waals surface area contributed by atoms with E-state index < -0.39 is 16.1 Å². The van der Waals surface area contributed by atoms with Gasteiger partial charge in [0.2, 0.25) is 15.9 Å². The van der Waals surface area contributed by atoms with Gasteiger partial charge in [-0.1, -0.05) is 6.07 Å². The quantitative estimate of drug-likeness (QED) is 0.839. The van der Waals surface area contributed by atoms with Crippen molar-refractivity contribution in [2.24, 2.45) is 0 Å². The molecule has 0 spiro atoms. The van der Waals surface area contributed by atoms with Crippen LogP contribution in [0, 0.1) is 0 Å². The normalized spacial score (nSPS) is 17.9. The van der Waals surface area contributed by atoms with E-state index in [1.165, 1.54) is 4.31 Å². The van der Waals surface area contributed by atoms with Crippen molar-refractivity contribution in [2.45, 2.75) is 38.9 Å². The largest absolute Gasteiger partial charge is 0.349 e. The maximum Gasteiger partial charge on any atom is 0.244 e. The Bertz CT molecular complexity index is 892. The van der Waals surface area contributed by atoms with Crippen molar-refractivity contribution >= 4 is 15.9 Å². The number of pyridine rings is 1. The van der Waals surface area contributed by atoms with Crippen LogP contribution in [0.4, 0.5) is 0 Å². The number of amides is 1. The van der Waals surface area contributed by atoms with Crippen LogP contribution in [0.1, 0.15) is 43.0 Å². The van der Waals surface area contributed by atoms with Gasteiger partial charge in [-0.3, -0.25) is 9.78 Å². The molecule has 2 aromatic heterocycles. The molecule has 3 rings (SSSR count). The fraction of sp³-hybridized carbons (Fsp3) is 0.471. The highest BCUT2D eigenvalue weighted by Crippen LogP contribution is 2.33. The molecule has 0 aromatic carbocycles. The van der Waals surface area contributed by atoms with Gasteiger partial charge in [-0.2, -0.15) is 4.31 Å². The summed E-state index contributed by atoms with van der Waals surface area (Å²) in [5.41, 5.74) is 2.13. The first-order valence-corrected chi connectivity index (χ1v) is 10.3. The molecule has 3 heterocycles. The molecule has 0 bridgehead atoms. The van der Waals surface area contributed by atoms with Crippen molar-refractivity contribution in [1.82, 2.24) is 24.2 Å². The first kappa shape index (κ1) is 18.5. The van der Waals surface area contributed by atoms with Gasteiger partial charge in [0.15, 0.2) is 0 Å². The maximum absolute atomic E-state index is 13.0. The predicted molar refractivity (Wildman–Crippen MR) is 96.7 cm³/mol. The average Bonchev–Trinajstić information content (AvgIpc) is 3.03. The number of hydrogen-bond donors (Lipinski definition) is 1. The van der Waals surface area contributed by atoms with E-state index in [1.807, 2.05) is 24.5 Å². The molecule has 1 unspecified atom stereocenters. The van der Waals surface area contributed by atoms with E-state index in [0.717, 1.165) is 11.9 Å². The number of aromatic nitrogens is 3. The Labute approximate surface area is 153 Å². The Morgan fingerprint density at radius 1 is 1.35 bits per heavy atom. The molecule has 1 N–H and O–H groups in total. The zero-order valence-corrected chi connectivity index (χ0v) is 15.9. The SMILES string of the molecule is CC(C)n1cnc2c1C(C(=O)NCc1ccccn1)N(S(C)(=O)=O)CC2. The molecule has 0 aliphatic carbocycles. The highest BCUT2D eigenvalue weighted by molar-refractivity contribution is 7.88. The van der Waals surface area contributed by atoms with Crippen LogP contribution in [-0.2, 0) is 27.8 Å². The second kappa shape index (κ2) is 7.16. The third kappa shape index (κ3) is 3.63. The van der Waals surface area contributed by atoms with E-state index in [1.54, 1.807) is 24.7 Å². The Balaban J connectivity index is 1.94. The molecular formula is C17H23N5O3S. The summed E-state index contributed by atoms with van der Waals surface area (Å²) < 4.78 is 27.7. The zero-order valence-electron chi connectivity index (χ0n) is 15.1. The topological polar surface area (TPSA) is 97.2 Å². The highest BCUT2D eigenvalue weighted by Gasteiger charge is 2.41. The third-order valence-electron chi connectivity index (χ3n) is 4.43. The fourth-order valence-electron chi connectivity index (χ4n) is 3.18. The summed E-state index contributed by atoms with van der Waals surface area (Å²) in [6.45, 7) is 4.43. The summed E-state index contributed by atoms with van der Waals surface area (Å²) in [4.78, 5) is 21.6. The molecule has 0 saturated carbocycles. The van der Waals surface area contributed by atoms with Crippen LogP contribution in [0.5, 0.6) is 0 Å². The second-order valence-corrected chi connectivity index (χ2v) is 8.58. The molecule has 1 amide bonds. The summed E-state index contributed by atoms with van der Waals surface area (Å²) in [5, 5.41) is 2.82. The molecule has 2 aromatic rings. The molecular weight excluding hydrogens is 354 g/mol. The summed E-state index contributed by atoms with van der Waals surface area (Å²) >= 11 is 0. The summed E-state index contributed by atoms with van der Waals surface area (Å²) in [6, 6.07) is 4.58. The van der Waals surface area contributed by atoms with E-state index in [9.17, 15) is 13.2 Å². The van der Waals surface area contributed by atoms with Gasteiger partial charge in [0.05, 0.1) is 36.2 Å². The van der Waals surface area contributed by atoms with Crippen LogP contribution in [-0.4, -0.2) is 46.0 Å². The van der Waals surface area contributed by atoms with Crippen LogP contribution in [0.2, 0.25) is 0 Å². The number of carbonyl (C=O) groups is 1. The number of nitrogens with one attached hydrogen (secondary N) is 1. The van der Waals surface area contributed by atoms with Crippen LogP contribution in [0.3, 0.4) is 0 Å². The number of rotatable bonds is 5. The minimum Gasteiger partial charge on any atom is -0.349 e. The Kier molecular flexibility index (Phi) is 5.10. The smallest absolute Gasteiger partial charge is 0.244 e. The lowest BCUT2D eigenvalue weighted by molar-refractivity contribution is -0.125. The molecule has 1 atom stereocenters. The van der Waals surface area contributed by atoms with Gasteiger partial charge in [-0.05, 0) is 26.0 Å². The lowest BCUT2D eigenvalue weighted by atomic mass is 10.0. The molecule has 9 heteroatoms. The Morgan fingerprint density at radius 2 is 2.12 bits per heavy atom. The number of carbonyl (C=O) groups excluding carboxylic acids is 1. The predicted octanol–water partition coefficient (Wildman–Crippen LogP) is 1.03. The minimum atomic E-state index is -3.55. The molecule has 1 aliphatic rings. The first-order chi connectivity index (χ1) is 12.3. The number of sulfonamides is 1. The molecule has 0 fully saturated rings. The standard InChI is InChI=1S/C17H23N5O3S/c1-12(2)21-11-20-14-7-9-22(26(3,24)25)16(15(14)21)17(23)19-10-13-6-4-5-8-18-13/h4-6,8,11-12,16H,7,9-10H2,1-3H3,(H,19,23). The summed E-state index contributed by atoms with van der Waals surface area (Å²) in [6.07, 6.45) is 4.95. The maximum atomic E-state index is 13.0. The van der Waals surface area contributed by atoms with Crippen LogP contribution < -0.4 is 5.32 Å². The van der Waals surface area contributed by atoms with Crippen molar-refractivity contribution in [3.05, 3.63) is 47.8 Å².